The fraction of sp³-hybridized carbons (Fsp3) is 0.688. The maximum Gasteiger partial charge on any atom is 0.192 e. The zero-order chi connectivity index (χ0) is 15.0. The minimum Gasteiger partial charge on any atom is -0.411 e. The first-order valence-corrected chi connectivity index (χ1v) is 10.5. The second-order valence-electron chi connectivity index (χ2n) is 7.50. The molecule has 1 aromatic heterocycles. The zero-order valence-corrected chi connectivity index (χ0v) is 14.4. The highest BCUT2D eigenvalue weighted by Gasteiger charge is 2.37. The van der Waals surface area contributed by atoms with E-state index in [-0.39, 0.29) is 11.1 Å². The highest BCUT2D eigenvalue weighted by molar-refractivity contribution is 6.74. The largest absolute Gasteiger partial charge is 0.411 e. The predicted octanol–water partition coefficient (Wildman–Crippen LogP) is 4.01. The maximum atomic E-state index is 6.19. The lowest BCUT2D eigenvalue weighted by Gasteiger charge is -2.36. The van der Waals surface area contributed by atoms with Gasteiger partial charge >= 0.3 is 0 Å². The first-order chi connectivity index (χ1) is 9.21. The third kappa shape index (κ3) is 3.68. The van der Waals surface area contributed by atoms with Gasteiger partial charge in [0.15, 0.2) is 8.32 Å². The highest BCUT2D eigenvalue weighted by Crippen LogP contribution is 2.39. The molecule has 20 heavy (non-hydrogen) atoms. The average Bonchev–Trinajstić information content (AvgIpc) is 3.19. The van der Waals surface area contributed by atoms with Gasteiger partial charge in [-0.05, 0) is 48.5 Å². The van der Waals surface area contributed by atoms with E-state index >= 15 is 0 Å². The fourth-order valence-electron chi connectivity index (χ4n) is 1.92. The standard InChI is InChI=1S/C16H28N2OSi/c1-16(2,3)20(4,5)19-11-14-9-8-13(10-18-14)15(17)12-6-7-12/h8-10,12,15H,6-7,11,17H2,1-5H3. The first-order valence-electron chi connectivity index (χ1n) is 7.55. The summed E-state index contributed by atoms with van der Waals surface area (Å²) in [5, 5.41) is 0.237. The van der Waals surface area contributed by atoms with Gasteiger partial charge in [-0.1, -0.05) is 26.8 Å². The molecule has 1 unspecified atom stereocenters. The minimum absolute atomic E-state index is 0.165. The van der Waals surface area contributed by atoms with E-state index in [4.69, 9.17) is 10.2 Å². The molecule has 0 radical (unpaired) electrons. The Morgan fingerprint density at radius 1 is 1.35 bits per heavy atom. The normalized spacial score (nSPS) is 18.1. The Bertz CT molecular complexity index is 447. The summed E-state index contributed by atoms with van der Waals surface area (Å²) in [5.74, 6) is 0.672. The number of hydrogen-bond acceptors (Lipinski definition) is 3. The van der Waals surface area contributed by atoms with E-state index in [0.29, 0.717) is 12.5 Å². The van der Waals surface area contributed by atoms with Crippen LogP contribution in [0.25, 0.3) is 0 Å². The summed E-state index contributed by atoms with van der Waals surface area (Å²) in [6.07, 6.45) is 4.45. The Morgan fingerprint density at radius 3 is 2.45 bits per heavy atom. The molecule has 0 aromatic carbocycles. The molecule has 1 saturated carbocycles. The summed E-state index contributed by atoms with van der Waals surface area (Å²) in [5.41, 5.74) is 8.34. The van der Waals surface area contributed by atoms with Gasteiger partial charge in [0.1, 0.15) is 0 Å². The summed E-state index contributed by atoms with van der Waals surface area (Å²) in [7, 11) is -1.70. The van der Waals surface area contributed by atoms with Crippen LogP contribution in [0.5, 0.6) is 0 Å². The number of aromatic nitrogens is 1. The molecule has 0 amide bonds. The van der Waals surface area contributed by atoms with Crippen molar-refractivity contribution < 1.29 is 4.43 Å². The van der Waals surface area contributed by atoms with Gasteiger partial charge in [-0.15, -0.1) is 0 Å². The van der Waals surface area contributed by atoms with Gasteiger partial charge in [-0.3, -0.25) is 4.98 Å². The quantitative estimate of drug-likeness (QED) is 0.834. The fourth-order valence-corrected chi connectivity index (χ4v) is 2.86. The van der Waals surface area contributed by atoms with Crippen molar-refractivity contribution in [1.82, 2.24) is 4.98 Å². The molecular weight excluding hydrogens is 264 g/mol. The second-order valence-corrected chi connectivity index (χ2v) is 12.3. The average molecular weight is 292 g/mol. The van der Waals surface area contributed by atoms with Crippen LogP contribution in [0.1, 0.15) is 50.9 Å². The molecule has 0 saturated heterocycles. The Labute approximate surface area is 124 Å². The minimum atomic E-state index is -1.70. The van der Waals surface area contributed by atoms with Crippen molar-refractivity contribution >= 4 is 8.32 Å². The van der Waals surface area contributed by atoms with Crippen LogP contribution in [-0.4, -0.2) is 13.3 Å². The van der Waals surface area contributed by atoms with Crippen LogP contribution in [0.4, 0.5) is 0 Å². The summed E-state index contributed by atoms with van der Waals surface area (Å²) < 4.78 is 6.19. The molecule has 1 heterocycles. The van der Waals surface area contributed by atoms with Gasteiger partial charge < -0.3 is 10.2 Å². The zero-order valence-electron chi connectivity index (χ0n) is 13.4. The van der Waals surface area contributed by atoms with Crippen molar-refractivity contribution in [3.8, 4) is 0 Å². The monoisotopic (exact) mass is 292 g/mol. The van der Waals surface area contributed by atoms with E-state index in [0.717, 1.165) is 11.3 Å². The second kappa shape index (κ2) is 5.58. The van der Waals surface area contributed by atoms with Crippen LogP contribution in [-0.2, 0) is 11.0 Å². The van der Waals surface area contributed by atoms with Crippen LogP contribution < -0.4 is 5.73 Å². The third-order valence-electron chi connectivity index (χ3n) is 4.75. The molecule has 1 fully saturated rings. The van der Waals surface area contributed by atoms with Gasteiger partial charge in [0.05, 0.1) is 12.3 Å². The summed E-state index contributed by atoms with van der Waals surface area (Å²) >= 11 is 0. The van der Waals surface area contributed by atoms with Crippen molar-refractivity contribution in [2.75, 3.05) is 0 Å². The SMILES string of the molecule is CC(C)(C)[Si](C)(C)OCc1ccc(C(N)C2CC2)cn1. The van der Waals surface area contributed by atoms with Gasteiger partial charge in [-0.25, -0.2) is 0 Å². The topological polar surface area (TPSA) is 48.1 Å². The van der Waals surface area contributed by atoms with E-state index < -0.39 is 8.32 Å². The number of nitrogens with zero attached hydrogens (tertiary/aromatic N) is 1. The first kappa shape index (κ1) is 15.7. The third-order valence-corrected chi connectivity index (χ3v) is 9.23. The van der Waals surface area contributed by atoms with E-state index in [1.165, 1.54) is 12.8 Å². The molecular formula is C16H28N2OSi. The van der Waals surface area contributed by atoms with Crippen molar-refractivity contribution in [1.29, 1.82) is 0 Å². The Hall–Kier alpha value is -0.713. The Balaban J connectivity index is 1.94. The summed E-state index contributed by atoms with van der Waals surface area (Å²) in [4.78, 5) is 4.51. The number of nitrogens with two attached hydrogens (primary N) is 1. The molecule has 0 spiro atoms. The molecule has 0 aliphatic heterocycles. The van der Waals surface area contributed by atoms with Crippen LogP contribution in [0.3, 0.4) is 0 Å². The molecule has 0 bridgehead atoms. The molecule has 1 atom stereocenters. The van der Waals surface area contributed by atoms with Crippen molar-refractivity contribution in [2.24, 2.45) is 11.7 Å². The molecule has 2 rings (SSSR count). The van der Waals surface area contributed by atoms with Crippen LogP contribution in [0, 0.1) is 5.92 Å². The highest BCUT2D eigenvalue weighted by atomic mass is 28.4. The molecule has 3 nitrogen and oxygen atoms in total. The van der Waals surface area contributed by atoms with Gasteiger partial charge in [-0.2, -0.15) is 0 Å². The Morgan fingerprint density at radius 2 is 2.00 bits per heavy atom. The van der Waals surface area contributed by atoms with Crippen LogP contribution in [0.2, 0.25) is 18.1 Å². The van der Waals surface area contributed by atoms with Crippen LogP contribution >= 0.6 is 0 Å². The Kier molecular flexibility index (Phi) is 4.37. The summed E-state index contributed by atoms with van der Waals surface area (Å²) in [6, 6.07) is 4.34. The maximum absolute atomic E-state index is 6.19. The predicted molar refractivity (Wildman–Crippen MR) is 85.9 cm³/mol. The van der Waals surface area contributed by atoms with Crippen LogP contribution in [0.15, 0.2) is 18.3 Å². The molecule has 1 aliphatic carbocycles. The van der Waals surface area contributed by atoms with Gasteiger partial charge in [0.25, 0.3) is 0 Å². The van der Waals surface area contributed by atoms with E-state index in [9.17, 15) is 0 Å². The van der Waals surface area contributed by atoms with Gasteiger partial charge in [0.2, 0.25) is 0 Å². The van der Waals surface area contributed by atoms with E-state index in [2.05, 4.69) is 51.0 Å². The number of rotatable bonds is 5. The lowest BCUT2D eigenvalue weighted by Crippen LogP contribution is -2.40. The van der Waals surface area contributed by atoms with E-state index in [1.54, 1.807) is 0 Å². The molecule has 4 heteroatoms. The molecule has 2 N–H and O–H groups in total. The molecule has 1 aliphatic rings. The number of hydrogen-bond donors (Lipinski definition) is 1. The molecule has 1 aromatic rings. The van der Waals surface area contributed by atoms with Crippen molar-refractivity contribution in [2.45, 2.75) is 64.4 Å². The number of pyridine rings is 1. The lowest BCUT2D eigenvalue weighted by atomic mass is 10.1. The summed E-state index contributed by atoms with van der Waals surface area (Å²) in [6.45, 7) is 11.9. The molecule has 112 valence electrons. The smallest absolute Gasteiger partial charge is 0.192 e. The van der Waals surface area contributed by atoms with E-state index in [1.807, 2.05) is 6.20 Å². The van der Waals surface area contributed by atoms with Gasteiger partial charge in [0, 0.05) is 12.2 Å². The lowest BCUT2D eigenvalue weighted by molar-refractivity contribution is 0.272. The van der Waals surface area contributed by atoms with Crippen molar-refractivity contribution in [3.05, 3.63) is 29.6 Å². The van der Waals surface area contributed by atoms with Crippen molar-refractivity contribution in [3.63, 3.8) is 0 Å².